The predicted molar refractivity (Wildman–Crippen MR) is 251 cm³/mol. The number of rotatable bonds is 7. The van der Waals surface area contributed by atoms with Crippen molar-refractivity contribution in [2.75, 3.05) is 4.90 Å². The first kappa shape index (κ1) is 35.2. The maximum Gasteiger partial charge on any atom is 0.135 e. The molecule has 0 aliphatic carbocycles. The Labute approximate surface area is 350 Å². The highest BCUT2D eigenvalue weighted by Gasteiger charge is 2.24. The maximum absolute atomic E-state index is 6.91. The van der Waals surface area contributed by atoms with Crippen LogP contribution in [0.4, 0.5) is 17.1 Å². The van der Waals surface area contributed by atoms with Gasteiger partial charge in [0.25, 0.3) is 0 Å². The second-order valence-electron chi connectivity index (χ2n) is 15.3. The van der Waals surface area contributed by atoms with Crippen LogP contribution in [0.2, 0.25) is 0 Å². The van der Waals surface area contributed by atoms with E-state index < -0.39 is 0 Å². The Hall–Kier alpha value is -7.94. The largest absolute Gasteiger partial charge is 0.456 e. The summed E-state index contributed by atoms with van der Waals surface area (Å²) in [6, 6.07) is 84.7. The quantitative estimate of drug-likeness (QED) is 0.160. The molecule has 10 aromatic rings. The van der Waals surface area contributed by atoms with E-state index in [-0.39, 0.29) is 0 Å². The highest BCUT2D eigenvalue weighted by Crippen LogP contribution is 2.51. The van der Waals surface area contributed by atoms with E-state index in [0.29, 0.717) is 0 Å². The van der Waals surface area contributed by atoms with E-state index in [1.807, 2.05) is 0 Å². The van der Waals surface area contributed by atoms with Gasteiger partial charge in [-0.2, -0.15) is 0 Å². The fourth-order valence-electron chi connectivity index (χ4n) is 8.57. The van der Waals surface area contributed by atoms with E-state index in [4.69, 9.17) is 4.74 Å². The van der Waals surface area contributed by atoms with Crippen LogP contribution in [-0.2, 0) is 0 Å². The van der Waals surface area contributed by atoms with Crippen molar-refractivity contribution in [3.63, 3.8) is 0 Å². The summed E-state index contributed by atoms with van der Waals surface area (Å²) in [5.41, 5.74) is 17.1. The molecule has 0 N–H and O–H groups in total. The molecule has 0 saturated heterocycles. The molecule has 0 spiro atoms. The van der Waals surface area contributed by atoms with Crippen molar-refractivity contribution in [2.24, 2.45) is 0 Å². The van der Waals surface area contributed by atoms with E-state index in [1.54, 1.807) is 0 Å². The molecule has 11 rings (SSSR count). The molecule has 0 fully saturated rings. The van der Waals surface area contributed by atoms with Gasteiger partial charge in [-0.15, -0.1) is 0 Å². The fourth-order valence-corrected chi connectivity index (χ4v) is 8.57. The maximum atomic E-state index is 6.91. The summed E-state index contributed by atoms with van der Waals surface area (Å²) in [4.78, 5) is 2.33. The summed E-state index contributed by atoms with van der Waals surface area (Å²) in [5, 5.41) is 2.39. The van der Waals surface area contributed by atoms with Gasteiger partial charge in [-0.05, 0) is 133 Å². The predicted octanol–water partition coefficient (Wildman–Crippen LogP) is 16.4. The first-order valence-electron chi connectivity index (χ1n) is 20.5. The van der Waals surface area contributed by atoms with E-state index >= 15 is 0 Å². The molecule has 0 radical (unpaired) electrons. The number of benzene rings is 10. The molecule has 1 heterocycles. The van der Waals surface area contributed by atoms with Crippen molar-refractivity contribution in [3.8, 4) is 78.3 Å². The van der Waals surface area contributed by atoms with Gasteiger partial charge in [0.2, 0.25) is 0 Å². The topological polar surface area (TPSA) is 12.5 Å². The molecule has 2 heteroatoms. The lowest BCUT2D eigenvalue weighted by Crippen LogP contribution is -2.10. The smallest absolute Gasteiger partial charge is 0.135 e. The van der Waals surface area contributed by atoms with Crippen LogP contribution in [0.1, 0.15) is 0 Å². The number of para-hydroxylation sites is 1. The molecule has 1 aliphatic rings. The zero-order valence-electron chi connectivity index (χ0n) is 32.9. The molecular weight excluding hydrogens is 727 g/mol. The summed E-state index contributed by atoms with van der Waals surface area (Å²) < 4.78 is 6.91. The standard InChI is InChI=1S/C58H39NO/c1-4-12-40(13-5-1)42-20-22-44(23-21-42)45-28-31-51(32-29-45)59(50-18-8-3-9-19-50)52-33-35-58-56(39-52)54-37-48-17-11-10-16-47(48)36-53(54)55-38-49(30-34-57(55)60-58)46-26-24-43(25-27-46)41-14-6-2-7-15-41/h1-39H. The first-order chi connectivity index (χ1) is 29.7. The van der Waals surface area contributed by atoms with Crippen LogP contribution < -0.4 is 9.64 Å². The fraction of sp³-hybridized carbons (Fsp3) is 0. The minimum atomic E-state index is 0.830. The highest BCUT2D eigenvalue weighted by atomic mass is 16.5. The first-order valence-corrected chi connectivity index (χ1v) is 20.5. The third-order valence-electron chi connectivity index (χ3n) is 11.7. The Morgan fingerprint density at radius 1 is 0.233 bits per heavy atom. The SMILES string of the molecule is c1ccc(-c2ccc(-c3ccc(N(c4ccccc4)c4ccc5c(c4)-c4cc6ccccc6cc4-c4cc(-c6ccc(-c7ccccc7)cc6)ccc4O5)cc3)cc2)cc1. The Kier molecular flexibility index (Phi) is 8.87. The number of hydrogen-bond donors (Lipinski definition) is 0. The zero-order valence-corrected chi connectivity index (χ0v) is 32.9. The van der Waals surface area contributed by atoms with Gasteiger partial charge in [-0.1, -0.05) is 170 Å². The molecule has 0 bridgehead atoms. The number of anilines is 3. The van der Waals surface area contributed by atoms with Crippen molar-refractivity contribution < 1.29 is 4.74 Å². The normalized spacial score (nSPS) is 11.5. The van der Waals surface area contributed by atoms with Crippen LogP contribution >= 0.6 is 0 Å². The number of fused-ring (bicyclic) bond motifs is 6. The zero-order chi connectivity index (χ0) is 39.8. The number of nitrogens with zero attached hydrogens (tertiary/aromatic N) is 1. The van der Waals surface area contributed by atoms with E-state index in [0.717, 1.165) is 61.9 Å². The molecule has 0 unspecified atom stereocenters. The molecule has 0 aromatic heterocycles. The summed E-state index contributed by atoms with van der Waals surface area (Å²) >= 11 is 0. The molecule has 60 heavy (non-hydrogen) atoms. The average molecular weight is 766 g/mol. The minimum Gasteiger partial charge on any atom is -0.456 e. The average Bonchev–Trinajstić information content (AvgIpc) is 3.45. The third kappa shape index (κ3) is 6.61. The number of hydrogen-bond acceptors (Lipinski definition) is 2. The minimum absolute atomic E-state index is 0.830. The van der Waals surface area contributed by atoms with Crippen molar-refractivity contribution in [3.05, 3.63) is 237 Å². The Bertz CT molecular complexity index is 3120. The van der Waals surface area contributed by atoms with Gasteiger partial charge in [-0.3, -0.25) is 0 Å². The molecule has 0 amide bonds. The van der Waals surface area contributed by atoms with Gasteiger partial charge in [0, 0.05) is 28.2 Å². The highest BCUT2D eigenvalue weighted by molar-refractivity contribution is 6.01. The van der Waals surface area contributed by atoms with Crippen LogP contribution in [0.5, 0.6) is 11.5 Å². The van der Waals surface area contributed by atoms with Crippen LogP contribution in [0.3, 0.4) is 0 Å². The molecule has 10 aromatic carbocycles. The molecule has 0 saturated carbocycles. The van der Waals surface area contributed by atoms with Gasteiger partial charge >= 0.3 is 0 Å². The monoisotopic (exact) mass is 765 g/mol. The lowest BCUT2D eigenvalue weighted by Gasteiger charge is -2.26. The van der Waals surface area contributed by atoms with Gasteiger partial charge in [-0.25, -0.2) is 0 Å². The van der Waals surface area contributed by atoms with E-state index in [9.17, 15) is 0 Å². The van der Waals surface area contributed by atoms with E-state index in [2.05, 4.69) is 241 Å². The van der Waals surface area contributed by atoms with Crippen LogP contribution in [-0.4, -0.2) is 0 Å². The second-order valence-corrected chi connectivity index (χ2v) is 15.3. The summed E-state index contributed by atoms with van der Waals surface area (Å²) in [5.74, 6) is 1.67. The second kappa shape index (κ2) is 15.1. The lowest BCUT2D eigenvalue weighted by molar-refractivity contribution is 0.488. The van der Waals surface area contributed by atoms with Crippen molar-refractivity contribution in [2.45, 2.75) is 0 Å². The van der Waals surface area contributed by atoms with Gasteiger partial charge in [0.05, 0.1) is 0 Å². The lowest BCUT2D eigenvalue weighted by atomic mass is 9.89. The summed E-state index contributed by atoms with van der Waals surface area (Å²) in [6.45, 7) is 0. The van der Waals surface area contributed by atoms with Crippen molar-refractivity contribution >= 4 is 27.8 Å². The molecule has 2 nitrogen and oxygen atoms in total. The molecule has 1 aliphatic heterocycles. The molecule has 282 valence electrons. The van der Waals surface area contributed by atoms with Gasteiger partial charge < -0.3 is 9.64 Å². The van der Waals surface area contributed by atoms with Gasteiger partial charge in [0.15, 0.2) is 0 Å². The van der Waals surface area contributed by atoms with Crippen LogP contribution in [0.25, 0.3) is 77.5 Å². The van der Waals surface area contributed by atoms with E-state index in [1.165, 1.54) is 44.2 Å². The third-order valence-corrected chi connectivity index (χ3v) is 11.7. The van der Waals surface area contributed by atoms with Gasteiger partial charge in [0.1, 0.15) is 11.5 Å². The Balaban J connectivity index is 0.993. The molecular formula is C58H39NO. The Morgan fingerprint density at radius 2 is 0.583 bits per heavy atom. The number of ether oxygens (including phenoxy) is 1. The van der Waals surface area contributed by atoms with Crippen LogP contribution in [0, 0.1) is 0 Å². The summed E-state index contributed by atoms with van der Waals surface area (Å²) in [7, 11) is 0. The van der Waals surface area contributed by atoms with Crippen LogP contribution in [0.15, 0.2) is 237 Å². The summed E-state index contributed by atoms with van der Waals surface area (Å²) in [6.07, 6.45) is 0. The van der Waals surface area contributed by atoms with Crippen molar-refractivity contribution in [1.82, 2.24) is 0 Å². The van der Waals surface area contributed by atoms with Crippen molar-refractivity contribution in [1.29, 1.82) is 0 Å². The molecule has 0 atom stereocenters. The Morgan fingerprint density at radius 3 is 1.10 bits per heavy atom.